The average molecular weight is 194 g/mol. The van der Waals surface area contributed by atoms with Gasteiger partial charge < -0.3 is 9.51 Å². The lowest BCUT2D eigenvalue weighted by atomic mass is 10.3. The van der Waals surface area contributed by atoms with E-state index in [1.54, 1.807) is 10.6 Å². The number of rotatable bonds is 2. The number of hydrogen-bond acceptors (Lipinski definition) is 2. The second-order valence-corrected chi connectivity index (χ2v) is 2.85. The van der Waals surface area contributed by atoms with Crippen molar-refractivity contribution in [1.82, 2.24) is 9.38 Å². The fraction of sp³-hybridized carbons (Fsp3) is 0.111. The van der Waals surface area contributed by atoms with Crippen LogP contribution in [0.2, 0.25) is 0 Å². The van der Waals surface area contributed by atoms with E-state index in [0.717, 1.165) is 0 Å². The van der Waals surface area contributed by atoms with Gasteiger partial charge in [0.05, 0.1) is 11.3 Å². The summed E-state index contributed by atoms with van der Waals surface area (Å²) in [5, 5.41) is 8.70. The van der Waals surface area contributed by atoms with Gasteiger partial charge in [-0.3, -0.25) is 0 Å². The summed E-state index contributed by atoms with van der Waals surface area (Å²) in [5.41, 5.74) is 0.888. The van der Waals surface area contributed by atoms with Crippen LogP contribution in [0.3, 0.4) is 0 Å². The quantitative estimate of drug-likeness (QED) is 0.788. The van der Waals surface area contributed by atoms with E-state index in [1.165, 1.54) is 18.3 Å². The van der Waals surface area contributed by atoms with E-state index in [2.05, 4.69) is 4.98 Å². The van der Waals surface area contributed by atoms with Crippen LogP contribution >= 0.6 is 0 Å². The summed E-state index contributed by atoms with van der Waals surface area (Å²) >= 11 is 0. The summed E-state index contributed by atoms with van der Waals surface area (Å²) in [6.45, 7) is -0.649. The molecule has 0 saturated carbocycles. The SMILES string of the molecule is O=C(O)c1ccn2cc(CF)nc2c1. The van der Waals surface area contributed by atoms with Gasteiger partial charge in [0.15, 0.2) is 0 Å². The smallest absolute Gasteiger partial charge is 0.335 e. The number of aromatic nitrogens is 2. The monoisotopic (exact) mass is 194 g/mol. The average Bonchev–Trinajstić information content (AvgIpc) is 2.58. The minimum absolute atomic E-state index is 0.147. The van der Waals surface area contributed by atoms with E-state index in [9.17, 15) is 9.18 Å². The van der Waals surface area contributed by atoms with Crippen molar-refractivity contribution >= 4 is 11.6 Å². The summed E-state index contributed by atoms with van der Waals surface area (Å²) in [7, 11) is 0. The first-order chi connectivity index (χ1) is 6.70. The van der Waals surface area contributed by atoms with E-state index in [1.807, 2.05) is 0 Å². The molecule has 0 fully saturated rings. The van der Waals surface area contributed by atoms with Crippen LogP contribution in [0, 0.1) is 0 Å². The number of pyridine rings is 1. The molecule has 0 aliphatic rings. The van der Waals surface area contributed by atoms with Gasteiger partial charge in [-0.1, -0.05) is 0 Å². The molecule has 2 rings (SSSR count). The topological polar surface area (TPSA) is 54.6 Å². The Hall–Kier alpha value is -1.91. The molecule has 0 aliphatic heterocycles. The highest BCUT2D eigenvalue weighted by molar-refractivity contribution is 5.88. The number of halogens is 1. The lowest BCUT2D eigenvalue weighted by Crippen LogP contribution is -1.96. The summed E-state index contributed by atoms with van der Waals surface area (Å²) in [6, 6.07) is 2.85. The van der Waals surface area contributed by atoms with Crippen molar-refractivity contribution in [2.75, 3.05) is 0 Å². The van der Waals surface area contributed by atoms with Gasteiger partial charge in [0.2, 0.25) is 0 Å². The van der Waals surface area contributed by atoms with E-state index < -0.39 is 12.6 Å². The molecule has 5 heteroatoms. The molecule has 72 valence electrons. The van der Waals surface area contributed by atoms with Crippen molar-refractivity contribution < 1.29 is 14.3 Å². The highest BCUT2D eigenvalue weighted by Gasteiger charge is 2.05. The van der Waals surface area contributed by atoms with Gasteiger partial charge >= 0.3 is 5.97 Å². The molecule has 0 atom stereocenters. The van der Waals surface area contributed by atoms with E-state index in [4.69, 9.17) is 5.11 Å². The van der Waals surface area contributed by atoms with Gasteiger partial charge in [0.1, 0.15) is 12.3 Å². The molecule has 2 heterocycles. The molecule has 4 nitrogen and oxygen atoms in total. The number of carboxylic acid groups (broad SMARTS) is 1. The Morgan fingerprint density at radius 2 is 2.43 bits per heavy atom. The zero-order chi connectivity index (χ0) is 10.1. The molecule has 0 bridgehead atoms. The van der Waals surface area contributed by atoms with Crippen LogP contribution in [0.25, 0.3) is 5.65 Å². The lowest BCUT2D eigenvalue weighted by Gasteiger charge is -1.94. The van der Waals surface area contributed by atoms with Crippen LogP contribution in [0.1, 0.15) is 16.1 Å². The van der Waals surface area contributed by atoms with Crippen molar-refractivity contribution in [2.45, 2.75) is 6.67 Å². The Balaban J connectivity index is 2.59. The van der Waals surface area contributed by atoms with Gasteiger partial charge in [-0.15, -0.1) is 0 Å². The largest absolute Gasteiger partial charge is 0.478 e. The van der Waals surface area contributed by atoms with Crippen LogP contribution in [0.4, 0.5) is 4.39 Å². The summed E-state index contributed by atoms with van der Waals surface area (Å²) in [4.78, 5) is 14.5. The Morgan fingerprint density at radius 1 is 1.64 bits per heavy atom. The third-order valence-corrected chi connectivity index (χ3v) is 1.89. The van der Waals surface area contributed by atoms with Crippen LogP contribution in [0.5, 0.6) is 0 Å². The van der Waals surface area contributed by atoms with Crippen molar-refractivity contribution in [2.24, 2.45) is 0 Å². The van der Waals surface area contributed by atoms with Crippen molar-refractivity contribution in [3.05, 3.63) is 35.8 Å². The van der Waals surface area contributed by atoms with Crippen LogP contribution in [-0.2, 0) is 6.67 Å². The minimum atomic E-state index is -1.02. The Morgan fingerprint density at radius 3 is 3.07 bits per heavy atom. The third kappa shape index (κ3) is 1.32. The number of fused-ring (bicyclic) bond motifs is 1. The maximum Gasteiger partial charge on any atom is 0.335 e. The molecule has 0 aromatic carbocycles. The molecular weight excluding hydrogens is 187 g/mol. The third-order valence-electron chi connectivity index (χ3n) is 1.89. The first-order valence-corrected chi connectivity index (χ1v) is 3.97. The molecule has 0 spiro atoms. The summed E-state index contributed by atoms with van der Waals surface area (Å²) < 4.78 is 13.8. The minimum Gasteiger partial charge on any atom is -0.478 e. The number of carboxylic acids is 1. The van der Waals surface area contributed by atoms with E-state index >= 15 is 0 Å². The number of aromatic carboxylic acids is 1. The molecular formula is C9H7FN2O2. The lowest BCUT2D eigenvalue weighted by molar-refractivity contribution is 0.0697. The number of carbonyl (C=O) groups is 1. The van der Waals surface area contributed by atoms with E-state index in [0.29, 0.717) is 11.3 Å². The molecule has 0 aliphatic carbocycles. The molecule has 0 saturated heterocycles. The highest BCUT2D eigenvalue weighted by atomic mass is 19.1. The Kier molecular flexibility index (Phi) is 1.92. The zero-order valence-electron chi connectivity index (χ0n) is 7.14. The van der Waals surface area contributed by atoms with Gasteiger partial charge in [-0.05, 0) is 12.1 Å². The fourth-order valence-corrected chi connectivity index (χ4v) is 1.23. The van der Waals surface area contributed by atoms with Crippen LogP contribution in [0.15, 0.2) is 24.5 Å². The van der Waals surface area contributed by atoms with E-state index in [-0.39, 0.29) is 5.56 Å². The van der Waals surface area contributed by atoms with Crippen molar-refractivity contribution in [3.8, 4) is 0 Å². The molecule has 2 aromatic rings. The molecule has 0 unspecified atom stereocenters. The predicted molar refractivity (Wildman–Crippen MR) is 47.0 cm³/mol. The Bertz CT molecular complexity index is 493. The number of nitrogens with zero attached hydrogens (tertiary/aromatic N) is 2. The maximum atomic E-state index is 12.2. The first kappa shape index (κ1) is 8.68. The molecule has 1 N–H and O–H groups in total. The number of hydrogen-bond donors (Lipinski definition) is 1. The molecule has 14 heavy (non-hydrogen) atoms. The van der Waals surface area contributed by atoms with Gasteiger partial charge in [0, 0.05) is 12.4 Å². The second-order valence-electron chi connectivity index (χ2n) is 2.85. The van der Waals surface area contributed by atoms with Gasteiger partial charge in [-0.25, -0.2) is 14.2 Å². The summed E-state index contributed by atoms with van der Waals surface area (Å²) in [6.07, 6.45) is 3.08. The number of alkyl halides is 1. The van der Waals surface area contributed by atoms with Crippen LogP contribution in [-0.4, -0.2) is 20.5 Å². The molecule has 2 aromatic heterocycles. The summed E-state index contributed by atoms with van der Waals surface area (Å²) in [5.74, 6) is -1.02. The number of imidazole rings is 1. The highest BCUT2D eigenvalue weighted by Crippen LogP contribution is 2.09. The van der Waals surface area contributed by atoms with Gasteiger partial charge in [-0.2, -0.15) is 0 Å². The van der Waals surface area contributed by atoms with Crippen LogP contribution < -0.4 is 0 Å². The van der Waals surface area contributed by atoms with Crippen molar-refractivity contribution in [3.63, 3.8) is 0 Å². The Labute approximate surface area is 78.6 Å². The molecule has 0 amide bonds. The fourth-order valence-electron chi connectivity index (χ4n) is 1.23. The van der Waals surface area contributed by atoms with Crippen molar-refractivity contribution in [1.29, 1.82) is 0 Å². The normalized spacial score (nSPS) is 10.6. The maximum absolute atomic E-state index is 12.2. The first-order valence-electron chi connectivity index (χ1n) is 3.97. The predicted octanol–water partition coefficient (Wildman–Crippen LogP) is 1.50. The molecule has 0 radical (unpaired) electrons. The second kappa shape index (κ2) is 3.10. The standard InChI is InChI=1S/C9H7FN2O2/c10-4-7-5-12-2-1-6(9(13)14)3-8(12)11-7/h1-3,5H,4H2,(H,13,14). The van der Waals surface area contributed by atoms with Gasteiger partial charge in [0.25, 0.3) is 0 Å². The zero-order valence-corrected chi connectivity index (χ0v) is 7.14.